The number of amides is 2. The molecule has 0 N–H and O–H groups in total. The van der Waals surface area contributed by atoms with E-state index in [-0.39, 0.29) is 34.9 Å². The Morgan fingerprint density at radius 2 is 1.68 bits per heavy atom. The van der Waals surface area contributed by atoms with Crippen molar-refractivity contribution in [3.63, 3.8) is 0 Å². The topological polar surface area (TPSA) is 77.5 Å². The van der Waals surface area contributed by atoms with Crippen molar-refractivity contribution in [2.45, 2.75) is 98.5 Å². The molecule has 2 atom stereocenters. The van der Waals surface area contributed by atoms with E-state index in [1.807, 2.05) is 64.6 Å². The molecule has 234 valence electrons. The number of nitrogens with zero attached hydrogens (tertiary/aromatic N) is 2. The Balaban J connectivity index is 2.27. The fraction of sp³-hybridized carbons (Fsp3) is 0.750. The van der Waals surface area contributed by atoms with Crippen LogP contribution in [0.2, 0.25) is 18.1 Å². The normalized spacial score (nSPS) is 18.1. The molecule has 2 rings (SSSR count). The van der Waals surface area contributed by atoms with Crippen LogP contribution < -0.4 is 4.74 Å². The van der Waals surface area contributed by atoms with Crippen LogP contribution in [0.3, 0.4) is 0 Å². The quantitative estimate of drug-likeness (QED) is 0.197. The summed E-state index contributed by atoms with van der Waals surface area (Å²) in [6.07, 6.45) is 0.467. The van der Waals surface area contributed by atoms with Crippen molar-refractivity contribution < 1.29 is 28.2 Å². The third kappa shape index (κ3) is 10.3. The first-order chi connectivity index (χ1) is 18.9. The van der Waals surface area contributed by atoms with Gasteiger partial charge < -0.3 is 28.4 Å². The summed E-state index contributed by atoms with van der Waals surface area (Å²) in [4.78, 5) is 30.7. The van der Waals surface area contributed by atoms with E-state index in [0.29, 0.717) is 50.8 Å². The van der Waals surface area contributed by atoms with Crippen molar-refractivity contribution in [2.75, 3.05) is 46.6 Å². The largest absolute Gasteiger partial charge is 0.493 e. The zero-order valence-electron chi connectivity index (χ0n) is 27.8. The lowest BCUT2D eigenvalue weighted by molar-refractivity contribution is 0.0280. The minimum Gasteiger partial charge on any atom is -0.493 e. The van der Waals surface area contributed by atoms with Gasteiger partial charge in [-0.1, -0.05) is 26.8 Å². The van der Waals surface area contributed by atoms with Gasteiger partial charge in [0, 0.05) is 69.8 Å². The maximum atomic E-state index is 13.9. The molecule has 0 radical (unpaired) electrons. The Bertz CT molecular complexity index is 1010. The number of hydrogen-bond donors (Lipinski definition) is 0. The Hall–Kier alpha value is -2.10. The second kappa shape index (κ2) is 14.4. The summed E-state index contributed by atoms with van der Waals surface area (Å²) in [5.41, 5.74) is 1.01. The van der Waals surface area contributed by atoms with Gasteiger partial charge in [-0.15, -0.1) is 0 Å². The predicted octanol–water partition coefficient (Wildman–Crippen LogP) is 6.77. The molecule has 0 unspecified atom stereocenters. The molecule has 1 fully saturated rings. The number of ether oxygens (including phenoxy) is 3. The van der Waals surface area contributed by atoms with Crippen molar-refractivity contribution in [3.8, 4) is 5.75 Å². The fourth-order valence-corrected chi connectivity index (χ4v) is 5.63. The molecule has 0 bridgehead atoms. The summed E-state index contributed by atoms with van der Waals surface area (Å²) in [5, 5.41) is 0.0840. The molecule has 0 aliphatic carbocycles. The van der Waals surface area contributed by atoms with E-state index in [4.69, 9.17) is 18.6 Å². The summed E-state index contributed by atoms with van der Waals surface area (Å²) in [6.45, 7) is 26.2. The standard InChI is InChI=1S/C32H56N2O6Si/c1-23(2)34(29(35)25-15-14-24(3)28(18-25)38-17-13-16-37-10)21-26-19-33(30(36)40-31(4,5)6)20-27(26)22-39-41(11,12)32(7,8)9/h14-15,18,23,26-27H,13,16-17,19-22H2,1-12H3/t26-,27-/m0/s1. The van der Waals surface area contributed by atoms with Crippen LogP contribution in [0.1, 0.15) is 77.7 Å². The lowest BCUT2D eigenvalue weighted by Gasteiger charge is -2.38. The lowest BCUT2D eigenvalue weighted by atomic mass is 9.95. The first kappa shape index (κ1) is 35.1. The molecule has 8 nitrogen and oxygen atoms in total. The van der Waals surface area contributed by atoms with Gasteiger partial charge in [0.15, 0.2) is 8.32 Å². The third-order valence-electron chi connectivity index (χ3n) is 8.19. The molecular formula is C32H56N2O6Si. The van der Waals surface area contributed by atoms with Crippen LogP contribution in [0.25, 0.3) is 0 Å². The summed E-state index contributed by atoms with van der Waals surface area (Å²) in [6, 6.07) is 5.63. The molecule has 1 saturated heterocycles. The molecule has 1 aromatic carbocycles. The molecule has 0 aromatic heterocycles. The number of likely N-dealkylation sites (tertiary alicyclic amines) is 1. The highest BCUT2D eigenvalue weighted by Gasteiger charge is 2.42. The molecule has 1 aliphatic rings. The van der Waals surface area contributed by atoms with Gasteiger partial charge in [-0.25, -0.2) is 4.79 Å². The van der Waals surface area contributed by atoms with Crippen molar-refractivity contribution in [1.82, 2.24) is 9.80 Å². The summed E-state index contributed by atoms with van der Waals surface area (Å²) in [5.74, 6) is 0.840. The number of aryl methyl sites for hydroxylation is 1. The zero-order valence-corrected chi connectivity index (χ0v) is 28.8. The molecule has 2 amide bonds. The Labute approximate surface area is 250 Å². The summed E-state index contributed by atoms with van der Waals surface area (Å²) < 4.78 is 23.4. The van der Waals surface area contributed by atoms with Gasteiger partial charge in [-0.3, -0.25) is 4.79 Å². The molecule has 1 heterocycles. The van der Waals surface area contributed by atoms with E-state index >= 15 is 0 Å². The highest BCUT2D eigenvalue weighted by Crippen LogP contribution is 2.38. The molecule has 0 spiro atoms. The SMILES string of the molecule is COCCCOc1cc(C(=O)N(C[C@@H]2CN(C(=O)OC(C)(C)C)C[C@H]2CO[Si](C)(C)C(C)(C)C)C(C)C)ccc1C. The van der Waals surface area contributed by atoms with Crippen molar-refractivity contribution in [1.29, 1.82) is 0 Å². The Morgan fingerprint density at radius 3 is 2.24 bits per heavy atom. The molecule has 1 aromatic rings. The number of benzene rings is 1. The number of methoxy groups -OCH3 is 1. The summed E-state index contributed by atoms with van der Waals surface area (Å²) >= 11 is 0. The highest BCUT2D eigenvalue weighted by atomic mass is 28.4. The van der Waals surface area contributed by atoms with Gasteiger partial charge in [-0.05, 0) is 77.4 Å². The van der Waals surface area contributed by atoms with Crippen LogP contribution >= 0.6 is 0 Å². The van der Waals surface area contributed by atoms with Crippen LogP contribution in [-0.2, 0) is 13.9 Å². The Kier molecular flexibility index (Phi) is 12.3. The molecule has 41 heavy (non-hydrogen) atoms. The van der Waals surface area contributed by atoms with Gasteiger partial charge >= 0.3 is 6.09 Å². The smallest absolute Gasteiger partial charge is 0.410 e. The van der Waals surface area contributed by atoms with Crippen molar-refractivity contribution in [3.05, 3.63) is 29.3 Å². The monoisotopic (exact) mass is 592 g/mol. The van der Waals surface area contributed by atoms with Crippen LogP contribution in [0.15, 0.2) is 18.2 Å². The van der Waals surface area contributed by atoms with Crippen molar-refractivity contribution in [2.24, 2.45) is 11.8 Å². The fourth-order valence-electron chi connectivity index (χ4n) is 4.56. The first-order valence-electron chi connectivity index (χ1n) is 15.0. The predicted molar refractivity (Wildman–Crippen MR) is 167 cm³/mol. The third-order valence-corrected chi connectivity index (χ3v) is 12.7. The Morgan fingerprint density at radius 1 is 1.05 bits per heavy atom. The summed E-state index contributed by atoms with van der Waals surface area (Å²) in [7, 11) is -0.318. The second-order valence-corrected chi connectivity index (χ2v) is 19.0. The van der Waals surface area contributed by atoms with E-state index in [1.54, 1.807) is 12.0 Å². The maximum absolute atomic E-state index is 13.9. The van der Waals surface area contributed by atoms with Crippen molar-refractivity contribution >= 4 is 20.3 Å². The number of carbonyl (C=O) groups is 2. The highest BCUT2D eigenvalue weighted by molar-refractivity contribution is 6.74. The van der Waals surface area contributed by atoms with E-state index in [0.717, 1.165) is 12.0 Å². The van der Waals surface area contributed by atoms with Crippen LogP contribution in [-0.4, -0.2) is 88.3 Å². The average molecular weight is 593 g/mol. The van der Waals surface area contributed by atoms with E-state index in [1.165, 1.54) is 0 Å². The van der Waals surface area contributed by atoms with Crippen LogP contribution in [0.4, 0.5) is 4.79 Å². The average Bonchev–Trinajstić information content (AvgIpc) is 3.25. The molecule has 9 heteroatoms. The van der Waals surface area contributed by atoms with Crippen LogP contribution in [0, 0.1) is 18.8 Å². The van der Waals surface area contributed by atoms with Gasteiger partial charge in [0.05, 0.1) is 6.61 Å². The van der Waals surface area contributed by atoms with Crippen LogP contribution in [0.5, 0.6) is 5.75 Å². The lowest BCUT2D eigenvalue weighted by Crippen LogP contribution is -2.45. The number of hydrogen-bond acceptors (Lipinski definition) is 6. The second-order valence-electron chi connectivity index (χ2n) is 14.2. The van der Waals surface area contributed by atoms with E-state index in [2.05, 4.69) is 33.9 Å². The molecular weight excluding hydrogens is 536 g/mol. The van der Waals surface area contributed by atoms with Gasteiger partial charge in [-0.2, -0.15) is 0 Å². The number of rotatable bonds is 12. The minimum absolute atomic E-state index is 0.0209. The van der Waals surface area contributed by atoms with Gasteiger partial charge in [0.25, 0.3) is 5.91 Å². The number of carbonyl (C=O) groups excluding carboxylic acids is 2. The van der Waals surface area contributed by atoms with E-state index < -0.39 is 13.9 Å². The zero-order chi connectivity index (χ0) is 31.2. The van der Waals surface area contributed by atoms with Gasteiger partial charge in [0.1, 0.15) is 11.4 Å². The first-order valence-corrected chi connectivity index (χ1v) is 17.9. The molecule has 1 aliphatic heterocycles. The molecule has 0 saturated carbocycles. The van der Waals surface area contributed by atoms with E-state index in [9.17, 15) is 9.59 Å². The van der Waals surface area contributed by atoms with Gasteiger partial charge in [0.2, 0.25) is 0 Å². The maximum Gasteiger partial charge on any atom is 0.410 e. The minimum atomic E-state index is -1.99.